The second-order valence-electron chi connectivity index (χ2n) is 3.80. The number of ether oxygens (including phenoxy) is 2. The maximum Gasteiger partial charge on any atom is 0.221 e. The molecule has 3 nitrogen and oxygen atoms in total. The minimum Gasteiger partial charge on any atom is -0.497 e. The van der Waals surface area contributed by atoms with Crippen LogP contribution in [0.3, 0.4) is 0 Å². The van der Waals surface area contributed by atoms with Gasteiger partial charge >= 0.3 is 0 Å². The predicted octanol–water partition coefficient (Wildman–Crippen LogP) is 4.18. The maximum absolute atomic E-state index is 5.36. The van der Waals surface area contributed by atoms with Gasteiger partial charge in [-0.05, 0) is 40.2 Å². The quantitative estimate of drug-likeness (QED) is 0.627. The molecule has 0 amide bonds. The molecule has 0 atom stereocenters. The highest BCUT2D eigenvalue weighted by atomic mass is 79.9. The summed E-state index contributed by atoms with van der Waals surface area (Å²) < 4.78 is 11.4. The van der Waals surface area contributed by atoms with E-state index >= 15 is 0 Å². The minimum absolute atomic E-state index is 0.564. The molecular formula is C15H14BrNO2. The fourth-order valence-electron chi connectivity index (χ4n) is 1.62. The fourth-order valence-corrected chi connectivity index (χ4v) is 1.96. The first-order valence-corrected chi connectivity index (χ1v) is 6.55. The zero-order valence-electron chi connectivity index (χ0n) is 10.8. The first-order valence-electron chi connectivity index (χ1n) is 5.76. The molecule has 0 N–H and O–H groups in total. The molecule has 0 aliphatic rings. The highest BCUT2D eigenvalue weighted by Crippen LogP contribution is 2.30. The summed E-state index contributed by atoms with van der Waals surface area (Å²) >= 11 is 3.47. The Morgan fingerprint density at radius 2 is 1.79 bits per heavy atom. The van der Waals surface area contributed by atoms with E-state index in [4.69, 9.17) is 9.47 Å². The monoisotopic (exact) mass is 319 g/mol. The molecule has 4 heteroatoms. The van der Waals surface area contributed by atoms with Crippen molar-refractivity contribution in [2.24, 2.45) is 4.99 Å². The maximum atomic E-state index is 5.36. The number of hydrogen-bond donors (Lipinski definition) is 0. The van der Waals surface area contributed by atoms with Crippen LogP contribution in [0.5, 0.6) is 5.75 Å². The van der Waals surface area contributed by atoms with Crippen LogP contribution in [0.1, 0.15) is 5.56 Å². The first-order chi connectivity index (χ1) is 9.24. The van der Waals surface area contributed by atoms with Crippen LogP contribution in [-0.2, 0) is 4.74 Å². The highest BCUT2D eigenvalue weighted by Gasteiger charge is 2.06. The Bertz CT molecular complexity index is 582. The number of benzene rings is 2. The topological polar surface area (TPSA) is 30.8 Å². The standard InChI is InChI=1S/C15H14BrNO2/c1-18-12-8-9-13(16)14(10-12)17-15(19-2)11-6-4-3-5-7-11/h3-10H,1-2H3. The van der Waals surface area contributed by atoms with Crippen molar-refractivity contribution in [1.29, 1.82) is 0 Å². The van der Waals surface area contributed by atoms with Crippen molar-refractivity contribution >= 4 is 27.5 Å². The molecule has 2 rings (SSSR count). The highest BCUT2D eigenvalue weighted by molar-refractivity contribution is 9.10. The van der Waals surface area contributed by atoms with Gasteiger partial charge in [0.15, 0.2) is 0 Å². The van der Waals surface area contributed by atoms with Gasteiger partial charge in [0.05, 0.1) is 19.9 Å². The van der Waals surface area contributed by atoms with Gasteiger partial charge in [0.25, 0.3) is 0 Å². The van der Waals surface area contributed by atoms with Gasteiger partial charge in [-0.15, -0.1) is 0 Å². The van der Waals surface area contributed by atoms with Crippen molar-refractivity contribution in [1.82, 2.24) is 0 Å². The van der Waals surface area contributed by atoms with Crippen molar-refractivity contribution < 1.29 is 9.47 Å². The van der Waals surface area contributed by atoms with Gasteiger partial charge in [-0.1, -0.05) is 18.2 Å². The molecule has 0 aromatic heterocycles. The zero-order chi connectivity index (χ0) is 13.7. The van der Waals surface area contributed by atoms with Crippen molar-refractivity contribution in [2.45, 2.75) is 0 Å². The van der Waals surface area contributed by atoms with Gasteiger partial charge in [0, 0.05) is 16.1 Å². The van der Waals surface area contributed by atoms with Crippen LogP contribution in [0, 0.1) is 0 Å². The van der Waals surface area contributed by atoms with Crippen LogP contribution in [-0.4, -0.2) is 20.1 Å². The molecule has 0 saturated heterocycles. The number of methoxy groups -OCH3 is 2. The lowest BCUT2D eigenvalue weighted by Crippen LogP contribution is -2.02. The molecule has 0 heterocycles. The minimum atomic E-state index is 0.564. The number of hydrogen-bond acceptors (Lipinski definition) is 3. The molecule has 2 aromatic carbocycles. The van der Waals surface area contributed by atoms with Crippen LogP contribution >= 0.6 is 15.9 Å². The van der Waals surface area contributed by atoms with Crippen molar-refractivity contribution in [3.8, 4) is 5.75 Å². The van der Waals surface area contributed by atoms with E-state index in [-0.39, 0.29) is 0 Å². The summed E-state index contributed by atoms with van der Waals surface area (Å²) in [6, 6.07) is 15.4. The van der Waals surface area contributed by atoms with E-state index in [0.717, 1.165) is 21.5 Å². The van der Waals surface area contributed by atoms with E-state index in [0.29, 0.717) is 5.90 Å². The van der Waals surface area contributed by atoms with Crippen LogP contribution in [0.25, 0.3) is 0 Å². The Labute approximate surface area is 121 Å². The molecule has 2 aromatic rings. The molecule has 0 unspecified atom stereocenters. The van der Waals surface area contributed by atoms with Gasteiger partial charge in [-0.25, -0.2) is 4.99 Å². The number of aliphatic imine (C=N–C) groups is 1. The zero-order valence-corrected chi connectivity index (χ0v) is 12.3. The third kappa shape index (κ3) is 3.35. The van der Waals surface area contributed by atoms with Crippen LogP contribution in [0.15, 0.2) is 58.0 Å². The summed E-state index contributed by atoms with van der Waals surface area (Å²) in [6.45, 7) is 0. The molecule has 0 radical (unpaired) electrons. The number of nitrogens with zero attached hydrogens (tertiary/aromatic N) is 1. The summed E-state index contributed by atoms with van der Waals surface area (Å²) in [5.74, 6) is 1.32. The average molecular weight is 320 g/mol. The predicted molar refractivity (Wildman–Crippen MR) is 80.3 cm³/mol. The van der Waals surface area contributed by atoms with Crippen LogP contribution in [0.2, 0.25) is 0 Å². The lowest BCUT2D eigenvalue weighted by molar-refractivity contribution is 0.404. The lowest BCUT2D eigenvalue weighted by Gasteiger charge is -2.07. The molecule has 0 saturated carbocycles. The van der Waals surface area contributed by atoms with Gasteiger partial charge in [-0.3, -0.25) is 0 Å². The molecule has 0 aliphatic carbocycles. The first kappa shape index (κ1) is 13.6. The van der Waals surface area contributed by atoms with Crippen LogP contribution < -0.4 is 4.74 Å². The van der Waals surface area contributed by atoms with Crippen LogP contribution in [0.4, 0.5) is 5.69 Å². The Morgan fingerprint density at radius 3 is 2.42 bits per heavy atom. The fraction of sp³-hybridized carbons (Fsp3) is 0.133. The van der Waals surface area contributed by atoms with E-state index in [1.807, 2.05) is 48.5 Å². The summed E-state index contributed by atoms with van der Waals surface area (Å²) in [6.07, 6.45) is 0. The molecule has 0 bridgehead atoms. The third-order valence-electron chi connectivity index (χ3n) is 2.59. The van der Waals surface area contributed by atoms with E-state index in [9.17, 15) is 0 Å². The van der Waals surface area contributed by atoms with E-state index in [1.165, 1.54) is 0 Å². The molecule has 0 aliphatic heterocycles. The average Bonchev–Trinajstić information content (AvgIpc) is 2.47. The second-order valence-corrected chi connectivity index (χ2v) is 4.66. The van der Waals surface area contributed by atoms with Gasteiger partial charge < -0.3 is 9.47 Å². The third-order valence-corrected chi connectivity index (χ3v) is 3.26. The molecule has 0 fully saturated rings. The molecule has 19 heavy (non-hydrogen) atoms. The van der Waals surface area contributed by atoms with E-state index in [2.05, 4.69) is 20.9 Å². The summed E-state index contributed by atoms with van der Waals surface area (Å²) in [7, 11) is 3.24. The summed E-state index contributed by atoms with van der Waals surface area (Å²) in [5, 5.41) is 0. The van der Waals surface area contributed by atoms with E-state index in [1.54, 1.807) is 14.2 Å². The molecule has 98 valence electrons. The van der Waals surface area contributed by atoms with Crippen molar-refractivity contribution in [3.05, 3.63) is 58.6 Å². The molecular weight excluding hydrogens is 306 g/mol. The number of halogens is 1. The van der Waals surface area contributed by atoms with Crippen molar-refractivity contribution in [3.63, 3.8) is 0 Å². The SMILES string of the molecule is COC(=Nc1cc(OC)ccc1Br)c1ccccc1. The summed E-state index contributed by atoms with van der Waals surface area (Å²) in [4.78, 5) is 4.52. The lowest BCUT2D eigenvalue weighted by atomic mass is 10.2. The Morgan fingerprint density at radius 1 is 1.05 bits per heavy atom. The van der Waals surface area contributed by atoms with E-state index < -0.39 is 0 Å². The summed E-state index contributed by atoms with van der Waals surface area (Å²) in [5.41, 5.74) is 1.69. The largest absolute Gasteiger partial charge is 0.497 e. The molecule has 0 spiro atoms. The van der Waals surface area contributed by atoms with Gasteiger partial charge in [0.1, 0.15) is 5.75 Å². The van der Waals surface area contributed by atoms with Gasteiger partial charge in [0.2, 0.25) is 5.90 Å². The van der Waals surface area contributed by atoms with Gasteiger partial charge in [-0.2, -0.15) is 0 Å². The smallest absolute Gasteiger partial charge is 0.221 e. The number of rotatable bonds is 3. The van der Waals surface area contributed by atoms with Crippen molar-refractivity contribution in [2.75, 3.05) is 14.2 Å². The Kier molecular flexibility index (Phi) is 4.58. The normalized spacial score (nSPS) is 11.2. The Hall–Kier alpha value is -1.81. The second kappa shape index (κ2) is 6.38. The Balaban J connectivity index is 2.43.